The first-order valence-electron chi connectivity index (χ1n) is 12.1. The highest BCUT2D eigenvalue weighted by Gasteiger charge is 2.24. The van der Waals surface area contributed by atoms with Crippen LogP contribution in [0.15, 0.2) is 30.6 Å². The van der Waals surface area contributed by atoms with Gasteiger partial charge in [-0.05, 0) is 49.3 Å². The molecule has 1 aromatic rings. The Morgan fingerprint density at radius 1 is 1.18 bits per heavy atom. The Morgan fingerprint density at radius 3 is 2.67 bits per heavy atom. The van der Waals surface area contributed by atoms with Crippen LogP contribution in [0, 0.1) is 5.92 Å². The Morgan fingerprint density at radius 2 is 1.94 bits per heavy atom. The standard InChI is InChI=1S/C24H38FN3O4S/c25-15-18-28(32-21-23-10-5-4-6-11-23)33(30,31)19-8-3-1-2-7-17-27-24(29)14-13-22-12-9-16-26-20-22/h9,12-14,16,20,23H,1-8,10-11,15,17-19,21H2,(H,27,29). The fourth-order valence-electron chi connectivity index (χ4n) is 3.85. The Hall–Kier alpha value is -1.84. The number of unbranched alkanes of at least 4 members (excludes halogenated alkanes) is 4. The van der Waals surface area contributed by atoms with E-state index in [1.165, 1.54) is 12.5 Å². The van der Waals surface area contributed by atoms with Crippen molar-refractivity contribution in [2.45, 2.75) is 64.2 Å². The second-order valence-corrected chi connectivity index (χ2v) is 10.5. The molecule has 1 amide bonds. The van der Waals surface area contributed by atoms with E-state index in [1.807, 2.05) is 12.1 Å². The molecule has 0 unspecified atom stereocenters. The van der Waals surface area contributed by atoms with Crippen molar-refractivity contribution in [3.8, 4) is 0 Å². The fraction of sp³-hybridized carbons (Fsp3) is 0.667. The molecule has 1 heterocycles. The minimum atomic E-state index is -3.62. The number of pyridine rings is 1. The minimum absolute atomic E-state index is 0.0342. The predicted molar refractivity (Wildman–Crippen MR) is 128 cm³/mol. The number of hydroxylamine groups is 1. The number of rotatable bonds is 16. The number of hydrogen-bond donors (Lipinski definition) is 1. The molecule has 0 spiro atoms. The van der Waals surface area contributed by atoms with E-state index in [9.17, 15) is 17.6 Å². The zero-order valence-electron chi connectivity index (χ0n) is 19.5. The van der Waals surface area contributed by atoms with Gasteiger partial charge >= 0.3 is 0 Å². The van der Waals surface area contributed by atoms with Crippen molar-refractivity contribution >= 4 is 22.0 Å². The molecular weight excluding hydrogens is 445 g/mol. The summed E-state index contributed by atoms with van der Waals surface area (Å²) in [6.07, 6.45) is 16.1. The predicted octanol–water partition coefficient (Wildman–Crippen LogP) is 4.27. The summed E-state index contributed by atoms with van der Waals surface area (Å²) in [6.45, 7) is -0.0762. The molecule has 9 heteroatoms. The van der Waals surface area contributed by atoms with Crippen molar-refractivity contribution in [3.63, 3.8) is 0 Å². The van der Waals surface area contributed by atoms with Crippen LogP contribution in [-0.4, -0.2) is 55.9 Å². The molecule has 0 aromatic carbocycles. The number of nitrogens with one attached hydrogen (secondary N) is 1. The molecule has 1 aliphatic rings. The summed E-state index contributed by atoms with van der Waals surface area (Å²) in [5.41, 5.74) is 0.868. The number of sulfonamides is 1. The van der Waals surface area contributed by atoms with Crippen LogP contribution in [0.1, 0.15) is 69.8 Å². The van der Waals surface area contributed by atoms with Crippen LogP contribution < -0.4 is 5.32 Å². The normalized spacial score (nSPS) is 15.3. The third-order valence-electron chi connectivity index (χ3n) is 5.75. The van der Waals surface area contributed by atoms with Crippen molar-refractivity contribution in [1.82, 2.24) is 14.8 Å². The average molecular weight is 484 g/mol. The Balaban J connectivity index is 1.55. The Labute approximate surface area is 197 Å². The maximum absolute atomic E-state index is 12.9. The fourth-order valence-corrected chi connectivity index (χ4v) is 5.20. The summed E-state index contributed by atoms with van der Waals surface area (Å²) in [5.74, 6) is 0.182. The molecule has 1 aromatic heterocycles. The summed E-state index contributed by atoms with van der Waals surface area (Å²) in [4.78, 5) is 21.3. The van der Waals surface area contributed by atoms with Crippen LogP contribution in [-0.2, 0) is 19.7 Å². The van der Waals surface area contributed by atoms with Gasteiger partial charge in [-0.2, -0.15) is 0 Å². The van der Waals surface area contributed by atoms with E-state index in [-0.39, 0.29) is 18.2 Å². The third kappa shape index (κ3) is 11.7. The van der Waals surface area contributed by atoms with Crippen molar-refractivity contribution in [2.24, 2.45) is 5.92 Å². The van der Waals surface area contributed by atoms with E-state index in [0.717, 1.165) is 61.4 Å². The number of amides is 1. The largest absolute Gasteiger partial charge is 0.353 e. The number of alkyl halides is 1. The molecular formula is C24H38FN3O4S. The van der Waals surface area contributed by atoms with Crippen LogP contribution >= 0.6 is 0 Å². The van der Waals surface area contributed by atoms with Crippen molar-refractivity contribution in [2.75, 3.05) is 32.1 Å². The van der Waals surface area contributed by atoms with Crippen molar-refractivity contribution in [3.05, 3.63) is 36.2 Å². The van der Waals surface area contributed by atoms with Gasteiger partial charge in [0.25, 0.3) is 0 Å². The van der Waals surface area contributed by atoms with E-state index >= 15 is 0 Å². The second kappa shape index (κ2) is 15.9. The first-order chi connectivity index (χ1) is 16.0. The average Bonchev–Trinajstić information content (AvgIpc) is 2.83. The van der Waals surface area contributed by atoms with E-state index < -0.39 is 16.7 Å². The summed E-state index contributed by atoms with van der Waals surface area (Å²) in [7, 11) is -3.62. The first-order valence-corrected chi connectivity index (χ1v) is 13.7. The van der Waals surface area contributed by atoms with Crippen LogP contribution in [0.4, 0.5) is 4.39 Å². The molecule has 0 radical (unpaired) electrons. The van der Waals surface area contributed by atoms with Gasteiger partial charge in [-0.1, -0.05) is 49.1 Å². The topological polar surface area (TPSA) is 88.6 Å². The summed E-state index contributed by atoms with van der Waals surface area (Å²) < 4.78 is 38.8. The summed E-state index contributed by atoms with van der Waals surface area (Å²) >= 11 is 0. The zero-order valence-corrected chi connectivity index (χ0v) is 20.3. The highest BCUT2D eigenvalue weighted by molar-refractivity contribution is 7.88. The molecule has 0 saturated heterocycles. The molecule has 33 heavy (non-hydrogen) atoms. The molecule has 1 aliphatic carbocycles. The van der Waals surface area contributed by atoms with Gasteiger partial charge in [0, 0.05) is 25.0 Å². The quantitative estimate of drug-likeness (QED) is 0.215. The smallest absolute Gasteiger partial charge is 0.243 e. The molecule has 0 bridgehead atoms. The van der Waals surface area contributed by atoms with Crippen LogP contribution in [0.5, 0.6) is 0 Å². The summed E-state index contributed by atoms with van der Waals surface area (Å²) in [5, 5.41) is 2.84. The monoisotopic (exact) mass is 483 g/mol. The van der Waals surface area contributed by atoms with Gasteiger partial charge in [-0.3, -0.25) is 14.6 Å². The highest BCUT2D eigenvalue weighted by atomic mass is 32.2. The van der Waals surface area contributed by atoms with Crippen LogP contribution in [0.2, 0.25) is 0 Å². The Kier molecular flexibility index (Phi) is 13.2. The number of nitrogens with zero attached hydrogens (tertiary/aromatic N) is 2. The van der Waals surface area contributed by atoms with E-state index in [4.69, 9.17) is 4.84 Å². The molecule has 0 atom stereocenters. The number of carbonyl (C=O) groups excluding carboxylic acids is 1. The first kappa shape index (κ1) is 27.4. The molecule has 2 rings (SSSR count). The number of aromatic nitrogens is 1. The van der Waals surface area contributed by atoms with Gasteiger partial charge in [-0.15, -0.1) is 0 Å². The van der Waals surface area contributed by atoms with Gasteiger partial charge in [0.2, 0.25) is 15.9 Å². The lowest BCUT2D eigenvalue weighted by Gasteiger charge is -2.25. The molecule has 1 N–H and O–H groups in total. The van der Waals surface area contributed by atoms with Gasteiger partial charge < -0.3 is 5.32 Å². The summed E-state index contributed by atoms with van der Waals surface area (Å²) in [6, 6.07) is 3.68. The maximum Gasteiger partial charge on any atom is 0.243 e. The maximum atomic E-state index is 12.9. The van der Waals surface area contributed by atoms with E-state index in [2.05, 4.69) is 10.3 Å². The Bertz CT molecular complexity index is 799. The van der Waals surface area contributed by atoms with Crippen molar-refractivity contribution < 1.29 is 22.4 Å². The van der Waals surface area contributed by atoms with Crippen LogP contribution in [0.25, 0.3) is 6.08 Å². The minimum Gasteiger partial charge on any atom is -0.353 e. The molecule has 7 nitrogen and oxygen atoms in total. The van der Waals surface area contributed by atoms with E-state index in [1.54, 1.807) is 18.5 Å². The third-order valence-corrected chi connectivity index (χ3v) is 7.46. The van der Waals surface area contributed by atoms with Gasteiger partial charge in [0.05, 0.1) is 18.9 Å². The van der Waals surface area contributed by atoms with Crippen molar-refractivity contribution in [1.29, 1.82) is 0 Å². The number of halogens is 1. The molecule has 1 fully saturated rings. The lowest BCUT2D eigenvalue weighted by atomic mass is 9.90. The lowest BCUT2D eigenvalue weighted by Crippen LogP contribution is -2.36. The number of carbonyl (C=O) groups is 1. The van der Waals surface area contributed by atoms with Gasteiger partial charge in [0.1, 0.15) is 6.67 Å². The van der Waals surface area contributed by atoms with Crippen LogP contribution in [0.3, 0.4) is 0 Å². The van der Waals surface area contributed by atoms with Gasteiger partial charge in [-0.25, -0.2) is 12.8 Å². The SMILES string of the molecule is O=C(C=Cc1cccnc1)NCCCCCCCS(=O)(=O)N(CCF)OCC1CCCCC1. The molecule has 0 aliphatic heterocycles. The van der Waals surface area contributed by atoms with E-state index in [0.29, 0.717) is 25.5 Å². The number of hydrogen-bond acceptors (Lipinski definition) is 5. The van der Waals surface area contributed by atoms with Gasteiger partial charge in [0.15, 0.2) is 0 Å². The lowest BCUT2D eigenvalue weighted by molar-refractivity contribution is -0.116. The zero-order chi connectivity index (χ0) is 23.8. The molecule has 1 saturated carbocycles. The molecule has 186 valence electrons. The highest BCUT2D eigenvalue weighted by Crippen LogP contribution is 2.24. The second-order valence-electron chi connectivity index (χ2n) is 8.51.